The number of hydrogen-bond acceptors (Lipinski definition) is 4. The number of halogens is 1. The van der Waals surface area contributed by atoms with E-state index in [0.717, 1.165) is 22.4 Å². The molecule has 0 aliphatic carbocycles. The van der Waals surface area contributed by atoms with Crippen molar-refractivity contribution in [1.29, 1.82) is 0 Å². The van der Waals surface area contributed by atoms with Gasteiger partial charge in [-0.15, -0.1) is 6.58 Å². The van der Waals surface area contributed by atoms with E-state index < -0.39 is 0 Å². The molecule has 0 saturated carbocycles. The molecule has 2 aromatic carbocycles. The smallest absolute Gasteiger partial charge is 0.266 e. The first-order chi connectivity index (χ1) is 14.5. The minimum Gasteiger partial charge on any atom is -0.289 e. The van der Waals surface area contributed by atoms with E-state index in [1.54, 1.807) is 11.0 Å². The van der Waals surface area contributed by atoms with Crippen molar-refractivity contribution in [3.63, 3.8) is 0 Å². The molecule has 7 heteroatoms. The maximum Gasteiger partial charge on any atom is 0.266 e. The first-order valence-corrected chi connectivity index (χ1v) is 10.9. The van der Waals surface area contributed by atoms with Gasteiger partial charge in [-0.3, -0.25) is 14.4 Å². The predicted octanol–water partition coefficient (Wildman–Crippen LogP) is 5.64. The fraction of sp³-hybridized carbons (Fsp3) is 0.0870. The molecule has 1 aliphatic heterocycles. The summed E-state index contributed by atoms with van der Waals surface area (Å²) in [6.45, 7) is 4.71. The average Bonchev–Trinajstić information content (AvgIpc) is 3.26. The molecule has 0 unspecified atom stereocenters. The number of hydrogen-bond donors (Lipinski definition) is 0. The van der Waals surface area contributed by atoms with Gasteiger partial charge in [0.1, 0.15) is 4.32 Å². The molecule has 0 radical (unpaired) electrons. The Morgan fingerprint density at radius 1 is 1.13 bits per heavy atom. The van der Waals surface area contributed by atoms with E-state index >= 15 is 0 Å². The maximum atomic E-state index is 12.7. The third-order valence-corrected chi connectivity index (χ3v) is 6.20. The van der Waals surface area contributed by atoms with E-state index in [0.29, 0.717) is 27.3 Å². The Morgan fingerprint density at radius 3 is 2.57 bits per heavy atom. The number of benzene rings is 2. The van der Waals surface area contributed by atoms with Gasteiger partial charge in [0.25, 0.3) is 5.91 Å². The number of rotatable bonds is 6. The highest BCUT2D eigenvalue weighted by atomic mass is 35.5. The third kappa shape index (κ3) is 4.41. The van der Waals surface area contributed by atoms with Gasteiger partial charge in [0.15, 0.2) is 0 Å². The largest absolute Gasteiger partial charge is 0.289 e. The van der Waals surface area contributed by atoms with Gasteiger partial charge in [-0.05, 0) is 23.8 Å². The lowest BCUT2D eigenvalue weighted by atomic mass is 10.1. The van der Waals surface area contributed by atoms with Gasteiger partial charge < -0.3 is 0 Å². The van der Waals surface area contributed by atoms with Crippen LogP contribution in [0.5, 0.6) is 0 Å². The standard InChI is InChI=1S/C23H18ClN3OS2/c1-2-12-27-22(28)20(30-23(27)29)13-18-15-26(14-16-8-10-19(24)11-9-16)25-21(18)17-6-4-3-5-7-17/h2-11,13,15H,1,12,14H2/b20-13-. The van der Waals surface area contributed by atoms with Crippen LogP contribution in [0.3, 0.4) is 0 Å². The van der Waals surface area contributed by atoms with Gasteiger partial charge in [0.2, 0.25) is 0 Å². The van der Waals surface area contributed by atoms with Crippen molar-refractivity contribution >= 4 is 51.9 Å². The SMILES string of the molecule is C=CCN1C(=O)/C(=C/c2cn(Cc3ccc(Cl)cc3)nc2-c2ccccc2)SC1=S. The number of amides is 1. The number of thiocarbonyl (C=S) groups is 1. The normalized spacial score (nSPS) is 15.2. The first-order valence-electron chi connectivity index (χ1n) is 9.29. The number of carbonyl (C=O) groups is 1. The van der Waals surface area contributed by atoms with E-state index in [1.807, 2.05) is 71.6 Å². The van der Waals surface area contributed by atoms with Crippen LogP contribution in [0.15, 0.2) is 78.4 Å². The Morgan fingerprint density at radius 2 is 1.87 bits per heavy atom. The summed E-state index contributed by atoms with van der Waals surface area (Å²) in [6.07, 6.45) is 5.50. The van der Waals surface area contributed by atoms with Crippen molar-refractivity contribution in [2.75, 3.05) is 6.54 Å². The lowest BCUT2D eigenvalue weighted by molar-refractivity contribution is -0.121. The van der Waals surface area contributed by atoms with E-state index in [2.05, 4.69) is 6.58 Å². The molecule has 1 aromatic heterocycles. The lowest BCUT2D eigenvalue weighted by Gasteiger charge is -2.10. The highest BCUT2D eigenvalue weighted by molar-refractivity contribution is 8.26. The molecule has 0 N–H and O–H groups in total. The molecule has 4 nitrogen and oxygen atoms in total. The maximum absolute atomic E-state index is 12.7. The molecule has 2 heterocycles. The van der Waals surface area contributed by atoms with Gasteiger partial charge in [0, 0.05) is 28.9 Å². The fourth-order valence-corrected chi connectivity index (χ4v) is 4.54. The zero-order chi connectivity index (χ0) is 21.1. The highest BCUT2D eigenvalue weighted by Crippen LogP contribution is 2.34. The molecule has 1 saturated heterocycles. The Hall–Kier alpha value is -2.67. The highest BCUT2D eigenvalue weighted by Gasteiger charge is 2.31. The third-order valence-electron chi connectivity index (χ3n) is 4.57. The number of nitrogens with zero attached hydrogens (tertiary/aromatic N) is 3. The summed E-state index contributed by atoms with van der Waals surface area (Å²) in [5.41, 5.74) is 3.76. The molecule has 1 amide bonds. The second-order valence-electron chi connectivity index (χ2n) is 6.70. The molecule has 3 aromatic rings. The second kappa shape index (κ2) is 9.00. The molecule has 1 aliphatic rings. The molecular weight excluding hydrogens is 434 g/mol. The molecular formula is C23H18ClN3OS2. The minimum absolute atomic E-state index is 0.102. The quantitative estimate of drug-likeness (QED) is 0.276. The molecule has 150 valence electrons. The Bertz CT molecular complexity index is 1140. The van der Waals surface area contributed by atoms with E-state index in [1.165, 1.54) is 11.8 Å². The van der Waals surface area contributed by atoms with Crippen LogP contribution in [-0.2, 0) is 11.3 Å². The van der Waals surface area contributed by atoms with Crippen LogP contribution in [0.4, 0.5) is 0 Å². The Kier molecular flexibility index (Phi) is 6.18. The molecule has 1 fully saturated rings. The zero-order valence-corrected chi connectivity index (χ0v) is 18.4. The summed E-state index contributed by atoms with van der Waals surface area (Å²) in [4.78, 5) is 14.9. The average molecular weight is 452 g/mol. The monoisotopic (exact) mass is 451 g/mol. The van der Waals surface area contributed by atoms with Gasteiger partial charge in [-0.2, -0.15) is 5.10 Å². The van der Waals surface area contributed by atoms with Crippen LogP contribution in [-0.4, -0.2) is 31.5 Å². The van der Waals surface area contributed by atoms with Crippen LogP contribution in [0, 0.1) is 0 Å². The first kappa shape index (κ1) is 20.6. The Balaban J connectivity index is 1.72. The van der Waals surface area contributed by atoms with Crippen LogP contribution in [0.2, 0.25) is 5.02 Å². The summed E-state index contributed by atoms with van der Waals surface area (Å²) < 4.78 is 2.42. The van der Waals surface area contributed by atoms with Gasteiger partial charge in [-0.1, -0.05) is 84.1 Å². The molecule has 0 bridgehead atoms. The van der Waals surface area contributed by atoms with Crippen molar-refractivity contribution in [2.45, 2.75) is 6.54 Å². The van der Waals surface area contributed by atoms with Crippen LogP contribution in [0.1, 0.15) is 11.1 Å². The molecule has 4 rings (SSSR count). The van der Waals surface area contributed by atoms with E-state index in [4.69, 9.17) is 28.9 Å². The summed E-state index contributed by atoms with van der Waals surface area (Å²) in [5.74, 6) is -0.102. The molecule has 0 spiro atoms. The fourth-order valence-electron chi connectivity index (χ4n) is 3.15. The van der Waals surface area contributed by atoms with E-state index in [-0.39, 0.29) is 5.91 Å². The summed E-state index contributed by atoms with van der Waals surface area (Å²) in [7, 11) is 0. The van der Waals surface area contributed by atoms with Crippen LogP contribution in [0.25, 0.3) is 17.3 Å². The van der Waals surface area contributed by atoms with Crippen LogP contribution >= 0.6 is 35.6 Å². The van der Waals surface area contributed by atoms with Crippen molar-refractivity contribution in [1.82, 2.24) is 14.7 Å². The minimum atomic E-state index is -0.102. The second-order valence-corrected chi connectivity index (χ2v) is 8.82. The van der Waals surface area contributed by atoms with Crippen molar-refractivity contribution in [3.8, 4) is 11.3 Å². The lowest BCUT2D eigenvalue weighted by Crippen LogP contribution is -2.27. The van der Waals surface area contributed by atoms with Gasteiger partial charge in [-0.25, -0.2) is 0 Å². The number of carbonyl (C=O) groups excluding carboxylic acids is 1. The van der Waals surface area contributed by atoms with Crippen LogP contribution < -0.4 is 0 Å². The summed E-state index contributed by atoms with van der Waals surface area (Å²) >= 11 is 12.7. The van der Waals surface area contributed by atoms with Gasteiger partial charge in [0.05, 0.1) is 17.1 Å². The zero-order valence-electron chi connectivity index (χ0n) is 16.0. The number of thioether (sulfide) groups is 1. The number of aromatic nitrogens is 2. The summed E-state index contributed by atoms with van der Waals surface area (Å²) in [6, 6.07) is 17.6. The Labute approximate surface area is 189 Å². The van der Waals surface area contributed by atoms with Crippen molar-refractivity contribution < 1.29 is 4.79 Å². The van der Waals surface area contributed by atoms with E-state index in [9.17, 15) is 4.79 Å². The van der Waals surface area contributed by atoms with Crippen molar-refractivity contribution in [2.24, 2.45) is 0 Å². The molecule has 30 heavy (non-hydrogen) atoms. The predicted molar refractivity (Wildman–Crippen MR) is 128 cm³/mol. The van der Waals surface area contributed by atoms with Crippen molar-refractivity contribution in [3.05, 3.63) is 94.5 Å². The topological polar surface area (TPSA) is 38.1 Å². The molecule has 0 atom stereocenters. The van der Waals surface area contributed by atoms with Gasteiger partial charge >= 0.3 is 0 Å². The summed E-state index contributed by atoms with van der Waals surface area (Å²) in [5, 5.41) is 5.50.